The third-order valence-corrected chi connectivity index (χ3v) is 5.01. The Balaban J connectivity index is 1.64. The Labute approximate surface area is 194 Å². The highest BCUT2D eigenvalue weighted by atomic mass is 16.5. The minimum atomic E-state index is -0.248. The van der Waals surface area contributed by atoms with Crippen molar-refractivity contribution in [3.8, 4) is 0 Å². The zero-order valence-electron chi connectivity index (χ0n) is 19.0. The Kier molecular flexibility index (Phi) is 9.05. The van der Waals surface area contributed by atoms with E-state index in [0.29, 0.717) is 5.57 Å². The summed E-state index contributed by atoms with van der Waals surface area (Å²) >= 11 is 0. The van der Waals surface area contributed by atoms with Crippen molar-refractivity contribution in [2.45, 2.75) is 13.5 Å². The molecule has 1 fully saturated rings. The number of rotatable bonds is 8. The number of allylic oxidation sites excluding steroid dienone is 1. The monoisotopic (exact) mass is 447 g/mol. The zero-order chi connectivity index (χ0) is 23.5. The van der Waals surface area contributed by atoms with Crippen LogP contribution < -0.4 is 10.6 Å². The zero-order valence-corrected chi connectivity index (χ0v) is 19.0. The second kappa shape index (κ2) is 12.4. The molecule has 0 unspecified atom stereocenters. The molecule has 1 saturated heterocycles. The lowest BCUT2D eigenvalue weighted by molar-refractivity contribution is -0.118. The highest BCUT2D eigenvalue weighted by molar-refractivity contribution is 6.11. The summed E-state index contributed by atoms with van der Waals surface area (Å²) in [5, 5.41) is 5.54. The van der Waals surface area contributed by atoms with Gasteiger partial charge < -0.3 is 15.4 Å². The van der Waals surface area contributed by atoms with E-state index < -0.39 is 0 Å². The van der Waals surface area contributed by atoms with Crippen molar-refractivity contribution >= 4 is 35.4 Å². The van der Waals surface area contributed by atoms with Crippen molar-refractivity contribution in [2.75, 3.05) is 38.7 Å². The van der Waals surface area contributed by atoms with Gasteiger partial charge in [-0.25, -0.2) is 0 Å². The van der Waals surface area contributed by atoms with Crippen LogP contribution in [0.4, 0.5) is 5.69 Å². The fourth-order valence-corrected chi connectivity index (χ4v) is 3.37. The summed E-state index contributed by atoms with van der Waals surface area (Å²) in [6.07, 6.45) is 9.68. The van der Waals surface area contributed by atoms with E-state index in [9.17, 15) is 9.59 Å². The van der Waals surface area contributed by atoms with Crippen molar-refractivity contribution in [3.05, 3.63) is 71.7 Å². The van der Waals surface area contributed by atoms with Crippen LogP contribution in [0, 0.1) is 0 Å². The van der Waals surface area contributed by atoms with Crippen LogP contribution in [-0.2, 0) is 20.9 Å². The first kappa shape index (κ1) is 24.0. The number of ether oxygens (including phenoxy) is 1. The number of amides is 2. The van der Waals surface area contributed by atoms with Crippen LogP contribution in [-0.4, -0.2) is 61.3 Å². The number of nitrogens with one attached hydrogen (secondary N) is 2. The van der Waals surface area contributed by atoms with Crippen LogP contribution in [0.1, 0.15) is 23.6 Å². The first-order chi connectivity index (χ1) is 16.0. The lowest BCUT2D eigenvalue weighted by Crippen LogP contribution is -2.35. The molecule has 3 rings (SSSR count). The summed E-state index contributed by atoms with van der Waals surface area (Å²) in [5.41, 5.74) is 4.14. The predicted molar refractivity (Wildman–Crippen MR) is 131 cm³/mol. The van der Waals surface area contributed by atoms with E-state index in [1.807, 2.05) is 24.3 Å². The molecule has 2 N–H and O–H groups in total. The molecule has 2 heterocycles. The molecule has 172 valence electrons. The molecular formula is C25H29N5O3. The molecule has 0 atom stereocenters. The number of anilines is 1. The van der Waals surface area contributed by atoms with E-state index >= 15 is 0 Å². The molecular weight excluding hydrogens is 418 g/mol. The van der Waals surface area contributed by atoms with Crippen molar-refractivity contribution < 1.29 is 14.3 Å². The summed E-state index contributed by atoms with van der Waals surface area (Å²) in [7, 11) is 1.65. The van der Waals surface area contributed by atoms with Crippen LogP contribution >= 0.6 is 0 Å². The highest BCUT2D eigenvalue weighted by Gasteiger charge is 2.10. The van der Waals surface area contributed by atoms with Crippen molar-refractivity contribution in [1.82, 2.24) is 15.2 Å². The van der Waals surface area contributed by atoms with Gasteiger partial charge in [0.15, 0.2) is 0 Å². The van der Waals surface area contributed by atoms with E-state index in [2.05, 4.69) is 25.5 Å². The lowest BCUT2D eigenvalue weighted by Gasteiger charge is -2.26. The van der Waals surface area contributed by atoms with Crippen LogP contribution in [0.5, 0.6) is 0 Å². The van der Waals surface area contributed by atoms with E-state index in [1.165, 1.54) is 18.6 Å². The maximum atomic E-state index is 12.5. The Bertz CT molecular complexity index is 1040. The van der Waals surface area contributed by atoms with Gasteiger partial charge in [0, 0.05) is 81.3 Å². The average molecular weight is 448 g/mol. The van der Waals surface area contributed by atoms with Gasteiger partial charge in [-0.3, -0.25) is 24.5 Å². The average Bonchev–Trinajstić information content (AvgIpc) is 2.82. The number of benzene rings is 1. The minimum Gasteiger partial charge on any atom is -0.379 e. The van der Waals surface area contributed by atoms with Gasteiger partial charge in [-0.15, -0.1) is 0 Å². The maximum absolute atomic E-state index is 12.5. The van der Waals surface area contributed by atoms with Crippen molar-refractivity contribution in [3.63, 3.8) is 0 Å². The molecule has 2 amide bonds. The van der Waals surface area contributed by atoms with Crippen LogP contribution in [0.15, 0.2) is 60.0 Å². The summed E-state index contributed by atoms with van der Waals surface area (Å²) in [4.78, 5) is 34.3. The Morgan fingerprint density at radius 2 is 1.94 bits per heavy atom. The SMILES string of the molecule is CN=C/C(=C\NC(C)=O)c1ccncc1/C=C/C(=O)Nc1ccc(CN2CCOCC2)cc1. The predicted octanol–water partition coefficient (Wildman–Crippen LogP) is 2.74. The van der Waals surface area contributed by atoms with Crippen molar-refractivity contribution in [2.24, 2.45) is 4.99 Å². The third-order valence-electron chi connectivity index (χ3n) is 5.01. The molecule has 0 bridgehead atoms. The van der Waals surface area contributed by atoms with E-state index in [4.69, 9.17) is 4.74 Å². The molecule has 8 heteroatoms. The molecule has 0 spiro atoms. The number of aromatic nitrogens is 1. The van der Waals surface area contributed by atoms with Crippen molar-refractivity contribution in [1.29, 1.82) is 0 Å². The fourth-order valence-electron chi connectivity index (χ4n) is 3.37. The summed E-state index contributed by atoms with van der Waals surface area (Å²) < 4.78 is 5.38. The molecule has 1 aliphatic rings. The number of hydrogen-bond donors (Lipinski definition) is 2. The number of aliphatic imine (C=N–C) groups is 1. The molecule has 2 aromatic rings. The summed E-state index contributed by atoms with van der Waals surface area (Å²) in [6, 6.07) is 9.67. The normalized spacial score (nSPS) is 15.2. The largest absolute Gasteiger partial charge is 0.379 e. The van der Waals surface area contributed by atoms with Crippen LogP contribution in [0.2, 0.25) is 0 Å². The fraction of sp³-hybridized carbons (Fsp3) is 0.280. The van der Waals surface area contributed by atoms with Gasteiger partial charge in [0.05, 0.1) is 13.2 Å². The van der Waals surface area contributed by atoms with Gasteiger partial charge in [-0.2, -0.15) is 0 Å². The molecule has 0 radical (unpaired) electrons. The van der Waals surface area contributed by atoms with Crippen LogP contribution in [0.3, 0.4) is 0 Å². The topological polar surface area (TPSA) is 95.9 Å². The number of hydrogen-bond acceptors (Lipinski definition) is 6. The van der Waals surface area contributed by atoms with E-state index in [1.54, 1.807) is 44.0 Å². The first-order valence-electron chi connectivity index (χ1n) is 10.8. The van der Waals surface area contributed by atoms with Gasteiger partial charge in [-0.1, -0.05) is 12.1 Å². The molecule has 8 nitrogen and oxygen atoms in total. The van der Waals surface area contributed by atoms with E-state index in [-0.39, 0.29) is 11.8 Å². The Morgan fingerprint density at radius 1 is 1.18 bits per heavy atom. The van der Waals surface area contributed by atoms with Gasteiger partial charge >= 0.3 is 0 Å². The second-order valence-electron chi connectivity index (χ2n) is 7.56. The van der Waals surface area contributed by atoms with Gasteiger partial charge in [0.25, 0.3) is 0 Å². The molecule has 1 aromatic carbocycles. The number of carbonyl (C=O) groups is 2. The molecule has 33 heavy (non-hydrogen) atoms. The third kappa shape index (κ3) is 7.78. The van der Waals surface area contributed by atoms with Gasteiger partial charge in [-0.05, 0) is 35.4 Å². The first-order valence-corrected chi connectivity index (χ1v) is 10.8. The highest BCUT2D eigenvalue weighted by Crippen LogP contribution is 2.18. The maximum Gasteiger partial charge on any atom is 0.248 e. The Hall–Kier alpha value is -3.62. The molecule has 0 aliphatic carbocycles. The number of nitrogens with zero attached hydrogens (tertiary/aromatic N) is 3. The quantitative estimate of drug-likeness (QED) is 0.479. The molecule has 0 saturated carbocycles. The Morgan fingerprint density at radius 3 is 2.64 bits per heavy atom. The summed E-state index contributed by atoms with van der Waals surface area (Å²) in [5.74, 6) is -0.430. The number of pyridine rings is 1. The summed E-state index contributed by atoms with van der Waals surface area (Å²) in [6.45, 7) is 5.72. The van der Waals surface area contributed by atoms with Gasteiger partial charge in [0.1, 0.15) is 0 Å². The number of morpholine rings is 1. The van der Waals surface area contributed by atoms with Gasteiger partial charge in [0.2, 0.25) is 11.8 Å². The second-order valence-corrected chi connectivity index (χ2v) is 7.56. The standard InChI is InChI=1S/C25H29N5O3/c1-19(31)28-17-22(15-26-2)24-9-10-27-16-21(24)5-8-25(32)29-23-6-3-20(4-7-23)18-30-11-13-33-14-12-30/h3-10,15-17H,11-14,18H2,1-2H3,(H,28,31)(H,29,32)/b8-5+,22-17+,26-15?. The molecule has 1 aromatic heterocycles. The lowest BCUT2D eigenvalue weighted by atomic mass is 10.0. The number of carbonyl (C=O) groups excluding carboxylic acids is 2. The smallest absolute Gasteiger partial charge is 0.248 e. The van der Waals surface area contributed by atoms with Crippen LogP contribution in [0.25, 0.3) is 11.6 Å². The minimum absolute atomic E-state index is 0.182. The molecule has 1 aliphatic heterocycles. The van der Waals surface area contributed by atoms with E-state index in [0.717, 1.165) is 49.7 Å².